The Balaban J connectivity index is 1.52. The summed E-state index contributed by atoms with van der Waals surface area (Å²) in [6.45, 7) is 2.35. The predicted octanol–water partition coefficient (Wildman–Crippen LogP) is 2.49. The number of hydrogen-bond acceptors (Lipinski definition) is 6. The van der Waals surface area contributed by atoms with E-state index in [2.05, 4.69) is 25.8 Å². The Bertz CT molecular complexity index is 799. The van der Waals surface area contributed by atoms with Crippen molar-refractivity contribution in [1.29, 1.82) is 0 Å². The molecule has 3 aromatic rings. The fraction of sp³-hybridized carbons (Fsp3) is 0.176. The lowest BCUT2D eigenvalue weighted by Crippen LogP contribution is -2.26. The number of nitrogens with one attached hydrogen (secondary N) is 2. The molecule has 2 N–H and O–H groups in total. The van der Waals surface area contributed by atoms with Crippen LogP contribution in [0.15, 0.2) is 53.3 Å². The lowest BCUT2D eigenvalue weighted by atomic mass is 10.1. The van der Waals surface area contributed by atoms with Crippen LogP contribution in [-0.2, 0) is 6.42 Å². The number of nitrogens with zero attached hydrogens (tertiary/aromatic N) is 3. The van der Waals surface area contributed by atoms with Gasteiger partial charge in [0, 0.05) is 25.0 Å². The highest BCUT2D eigenvalue weighted by Gasteiger charge is 2.08. The molecule has 0 saturated heterocycles. The van der Waals surface area contributed by atoms with Crippen molar-refractivity contribution < 1.29 is 9.32 Å². The first-order valence-corrected chi connectivity index (χ1v) is 7.55. The molecule has 0 atom stereocenters. The molecule has 2 aromatic heterocycles. The maximum absolute atomic E-state index is 12.1. The van der Waals surface area contributed by atoms with E-state index >= 15 is 0 Å². The lowest BCUT2D eigenvalue weighted by molar-refractivity contribution is 0.0953. The molecule has 0 fully saturated rings. The van der Waals surface area contributed by atoms with Crippen molar-refractivity contribution in [2.45, 2.75) is 13.3 Å². The number of rotatable bonds is 6. The van der Waals surface area contributed by atoms with Gasteiger partial charge in [-0.1, -0.05) is 35.5 Å². The normalized spacial score (nSPS) is 10.4. The summed E-state index contributed by atoms with van der Waals surface area (Å²) in [5.74, 6) is 1.36. The van der Waals surface area contributed by atoms with Crippen molar-refractivity contribution in [3.05, 3.63) is 65.7 Å². The molecule has 7 nitrogen and oxygen atoms in total. The first-order valence-electron chi connectivity index (χ1n) is 7.55. The number of aryl methyl sites for hydroxylation is 1. The number of aromatic nitrogens is 3. The van der Waals surface area contributed by atoms with Crippen LogP contribution in [0, 0.1) is 6.92 Å². The van der Waals surface area contributed by atoms with Gasteiger partial charge in [0.15, 0.2) is 5.82 Å². The van der Waals surface area contributed by atoms with E-state index < -0.39 is 0 Å². The van der Waals surface area contributed by atoms with Crippen LogP contribution in [0.2, 0.25) is 0 Å². The number of amides is 1. The van der Waals surface area contributed by atoms with Crippen molar-refractivity contribution in [3.63, 3.8) is 0 Å². The number of carbonyl (C=O) groups excluding carboxylic acids is 1. The summed E-state index contributed by atoms with van der Waals surface area (Å²) in [5, 5.41) is 9.54. The minimum Gasteiger partial charge on any atom is -0.360 e. The van der Waals surface area contributed by atoms with E-state index in [0.717, 1.165) is 6.42 Å². The lowest BCUT2D eigenvalue weighted by Gasteiger charge is -2.06. The second-order valence-electron chi connectivity index (χ2n) is 5.23. The zero-order valence-electron chi connectivity index (χ0n) is 13.2. The Morgan fingerprint density at radius 3 is 2.58 bits per heavy atom. The number of benzene rings is 1. The van der Waals surface area contributed by atoms with Gasteiger partial charge in [-0.15, -0.1) is 0 Å². The van der Waals surface area contributed by atoms with E-state index in [9.17, 15) is 4.79 Å². The largest absolute Gasteiger partial charge is 0.360 e. The number of anilines is 2. The molecule has 1 aromatic carbocycles. The highest BCUT2D eigenvalue weighted by atomic mass is 16.5. The van der Waals surface area contributed by atoms with Crippen molar-refractivity contribution in [2.75, 3.05) is 11.9 Å². The standard InChI is InChI=1S/C17H17N5O2/c1-12-9-15(22-24-12)21-17-19-10-14(11-20-17)16(23)18-8-7-13-5-3-2-4-6-13/h2-6,9-11H,7-8H2,1H3,(H,18,23)(H,19,20,21,22). The highest BCUT2D eigenvalue weighted by molar-refractivity contribution is 5.93. The molecule has 0 bridgehead atoms. The monoisotopic (exact) mass is 323 g/mol. The van der Waals surface area contributed by atoms with Gasteiger partial charge < -0.3 is 15.2 Å². The molecule has 0 aliphatic carbocycles. The second kappa shape index (κ2) is 7.36. The third kappa shape index (κ3) is 4.16. The molecule has 0 unspecified atom stereocenters. The molecule has 0 aliphatic heterocycles. The van der Waals surface area contributed by atoms with Crippen LogP contribution in [0.5, 0.6) is 0 Å². The Hall–Kier alpha value is -3.22. The van der Waals surface area contributed by atoms with Crippen LogP contribution < -0.4 is 10.6 Å². The van der Waals surface area contributed by atoms with E-state index in [1.807, 2.05) is 30.3 Å². The van der Waals surface area contributed by atoms with Gasteiger partial charge >= 0.3 is 0 Å². The molecule has 0 spiro atoms. The molecule has 7 heteroatoms. The van der Waals surface area contributed by atoms with Gasteiger partial charge in [-0.25, -0.2) is 9.97 Å². The fourth-order valence-corrected chi connectivity index (χ4v) is 2.12. The summed E-state index contributed by atoms with van der Waals surface area (Å²) < 4.78 is 4.95. The van der Waals surface area contributed by atoms with Crippen LogP contribution in [0.3, 0.4) is 0 Å². The topological polar surface area (TPSA) is 92.9 Å². The molecule has 0 saturated carbocycles. The van der Waals surface area contributed by atoms with E-state index in [0.29, 0.717) is 29.6 Å². The SMILES string of the molecule is Cc1cc(Nc2ncc(C(=O)NCCc3ccccc3)cn2)no1. The molecule has 24 heavy (non-hydrogen) atoms. The van der Waals surface area contributed by atoms with Crippen molar-refractivity contribution in [3.8, 4) is 0 Å². The van der Waals surface area contributed by atoms with Gasteiger partial charge in [0.2, 0.25) is 5.95 Å². The molecule has 3 rings (SSSR count). The van der Waals surface area contributed by atoms with Gasteiger partial charge in [-0.2, -0.15) is 0 Å². The summed E-state index contributed by atoms with van der Waals surface area (Å²) in [4.78, 5) is 20.3. The van der Waals surface area contributed by atoms with Crippen LogP contribution in [0.1, 0.15) is 21.7 Å². The predicted molar refractivity (Wildman–Crippen MR) is 89.0 cm³/mol. The molecule has 0 aliphatic rings. The van der Waals surface area contributed by atoms with Gasteiger partial charge in [0.1, 0.15) is 5.76 Å². The average Bonchev–Trinajstić information content (AvgIpc) is 3.01. The van der Waals surface area contributed by atoms with Crippen LogP contribution in [0.4, 0.5) is 11.8 Å². The van der Waals surface area contributed by atoms with Gasteiger partial charge in [0.25, 0.3) is 5.91 Å². The minimum absolute atomic E-state index is 0.199. The van der Waals surface area contributed by atoms with Crippen LogP contribution >= 0.6 is 0 Å². The summed E-state index contributed by atoms with van der Waals surface area (Å²) >= 11 is 0. The molecule has 0 radical (unpaired) electrons. The van der Waals surface area contributed by atoms with Gasteiger partial charge in [-0.05, 0) is 18.9 Å². The Morgan fingerprint density at radius 1 is 1.17 bits per heavy atom. The third-order valence-electron chi connectivity index (χ3n) is 3.32. The Kier molecular flexibility index (Phi) is 4.81. The highest BCUT2D eigenvalue weighted by Crippen LogP contribution is 2.12. The first kappa shape index (κ1) is 15.7. The zero-order chi connectivity index (χ0) is 16.8. The molecular formula is C17H17N5O2. The minimum atomic E-state index is -0.199. The van der Waals surface area contributed by atoms with Gasteiger partial charge in [0.05, 0.1) is 5.56 Å². The smallest absolute Gasteiger partial charge is 0.254 e. The second-order valence-corrected chi connectivity index (χ2v) is 5.23. The number of carbonyl (C=O) groups is 1. The average molecular weight is 323 g/mol. The van der Waals surface area contributed by atoms with E-state index in [1.165, 1.54) is 18.0 Å². The van der Waals surface area contributed by atoms with E-state index in [1.54, 1.807) is 13.0 Å². The van der Waals surface area contributed by atoms with Crippen LogP contribution in [0.25, 0.3) is 0 Å². The molecule has 2 heterocycles. The van der Waals surface area contributed by atoms with Crippen molar-refractivity contribution >= 4 is 17.7 Å². The van der Waals surface area contributed by atoms with Gasteiger partial charge in [-0.3, -0.25) is 4.79 Å². The van der Waals surface area contributed by atoms with Crippen molar-refractivity contribution in [1.82, 2.24) is 20.4 Å². The first-order chi connectivity index (χ1) is 11.7. The fourth-order valence-electron chi connectivity index (χ4n) is 2.12. The van der Waals surface area contributed by atoms with Crippen molar-refractivity contribution in [2.24, 2.45) is 0 Å². The number of hydrogen-bond donors (Lipinski definition) is 2. The van der Waals surface area contributed by atoms with E-state index in [-0.39, 0.29) is 5.91 Å². The third-order valence-corrected chi connectivity index (χ3v) is 3.32. The maximum atomic E-state index is 12.1. The summed E-state index contributed by atoms with van der Waals surface area (Å²) in [7, 11) is 0. The zero-order valence-corrected chi connectivity index (χ0v) is 13.2. The molecular weight excluding hydrogens is 306 g/mol. The van der Waals surface area contributed by atoms with E-state index in [4.69, 9.17) is 4.52 Å². The summed E-state index contributed by atoms with van der Waals surface area (Å²) in [6, 6.07) is 11.7. The summed E-state index contributed by atoms with van der Waals surface area (Å²) in [5.41, 5.74) is 1.58. The summed E-state index contributed by atoms with van der Waals surface area (Å²) in [6.07, 6.45) is 3.72. The Labute approximate surface area is 139 Å². The van der Waals surface area contributed by atoms with Crippen LogP contribution in [-0.4, -0.2) is 27.6 Å². The quantitative estimate of drug-likeness (QED) is 0.724. The Morgan fingerprint density at radius 2 is 1.92 bits per heavy atom. The molecule has 1 amide bonds. The maximum Gasteiger partial charge on any atom is 0.254 e. The molecule has 122 valence electrons.